The average molecular weight is 212 g/mol. The number of benzene rings is 1. The van der Waals surface area contributed by atoms with Crippen LogP contribution in [0, 0.1) is 0 Å². The molecule has 0 spiro atoms. The zero-order valence-electron chi connectivity index (χ0n) is 6.49. The molecule has 0 fully saturated rings. The number of hydrogen-bond donors (Lipinski definition) is 0. The van der Waals surface area contributed by atoms with Gasteiger partial charge in [0, 0.05) is 0 Å². The SMILES string of the molecule is CC[SeH]1C=Nc2ccccc21. The van der Waals surface area contributed by atoms with Crippen LogP contribution in [0.1, 0.15) is 6.92 Å². The molecule has 1 aromatic carbocycles. The number of fused-ring (bicyclic) bond motifs is 1. The second-order valence-corrected chi connectivity index (χ2v) is 7.31. The summed E-state index contributed by atoms with van der Waals surface area (Å²) in [6.45, 7) is 2.26. The van der Waals surface area contributed by atoms with Crippen LogP contribution in [0.2, 0.25) is 5.32 Å². The number of aliphatic imine (C=N–C) groups is 1. The third-order valence-electron chi connectivity index (χ3n) is 1.87. The van der Waals surface area contributed by atoms with Gasteiger partial charge in [-0.3, -0.25) is 0 Å². The van der Waals surface area contributed by atoms with E-state index in [1.807, 2.05) is 0 Å². The van der Waals surface area contributed by atoms with Crippen LogP contribution in [-0.4, -0.2) is 19.0 Å². The normalized spacial score (nSPS) is 23.5. The maximum atomic E-state index is 4.39. The fraction of sp³-hybridized carbons (Fsp3) is 0.222. The van der Waals surface area contributed by atoms with Crippen molar-refractivity contribution in [2.75, 3.05) is 0 Å². The standard InChI is InChI=1S/C9H11NSe/c1-2-11-7-10-8-5-3-4-6-9(8)11/h3-7,11H,2H2,1H3. The predicted molar refractivity (Wildman–Crippen MR) is 51.9 cm³/mol. The molecule has 1 atom stereocenters. The second kappa shape index (κ2) is 2.80. The van der Waals surface area contributed by atoms with Crippen molar-refractivity contribution >= 4 is 29.2 Å². The Morgan fingerprint density at radius 1 is 1.36 bits per heavy atom. The van der Waals surface area contributed by atoms with Crippen molar-refractivity contribution in [2.45, 2.75) is 12.2 Å². The van der Waals surface area contributed by atoms with Crippen LogP contribution in [0.5, 0.6) is 0 Å². The van der Waals surface area contributed by atoms with Crippen LogP contribution in [0.15, 0.2) is 29.3 Å². The molecule has 0 saturated carbocycles. The Morgan fingerprint density at radius 2 is 2.18 bits per heavy atom. The monoisotopic (exact) mass is 213 g/mol. The van der Waals surface area contributed by atoms with Crippen LogP contribution >= 0.6 is 0 Å². The topological polar surface area (TPSA) is 12.4 Å². The Kier molecular flexibility index (Phi) is 1.80. The molecular formula is C9H11NSe. The predicted octanol–water partition coefficient (Wildman–Crippen LogP) is 1.40. The number of rotatable bonds is 1. The Morgan fingerprint density at radius 3 is 3.00 bits per heavy atom. The van der Waals surface area contributed by atoms with Crippen LogP contribution < -0.4 is 4.46 Å². The molecule has 58 valence electrons. The van der Waals surface area contributed by atoms with Gasteiger partial charge in [0.1, 0.15) is 0 Å². The van der Waals surface area contributed by atoms with Crippen LogP contribution in [0.3, 0.4) is 0 Å². The quantitative estimate of drug-likeness (QED) is 0.624. The molecule has 0 radical (unpaired) electrons. The summed E-state index contributed by atoms with van der Waals surface area (Å²) in [5.41, 5.74) is 1.22. The molecule has 0 aliphatic carbocycles. The third-order valence-corrected chi connectivity index (χ3v) is 6.22. The van der Waals surface area contributed by atoms with Crippen molar-refractivity contribution < 1.29 is 0 Å². The summed E-state index contributed by atoms with van der Waals surface area (Å²) in [5.74, 6) is 0. The van der Waals surface area contributed by atoms with Gasteiger partial charge in [0.25, 0.3) is 0 Å². The summed E-state index contributed by atoms with van der Waals surface area (Å²) in [5, 5.41) is 3.49. The second-order valence-electron chi connectivity index (χ2n) is 2.52. The molecule has 0 amide bonds. The maximum absolute atomic E-state index is 4.39. The molecule has 1 aliphatic heterocycles. The summed E-state index contributed by atoms with van der Waals surface area (Å²) < 4.78 is 1.53. The molecule has 0 aromatic heterocycles. The van der Waals surface area contributed by atoms with E-state index in [4.69, 9.17) is 0 Å². The first kappa shape index (κ1) is 7.08. The van der Waals surface area contributed by atoms with Crippen LogP contribution in [0.25, 0.3) is 0 Å². The summed E-state index contributed by atoms with van der Waals surface area (Å²) in [4.78, 5) is 4.39. The van der Waals surface area contributed by atoms with Crippen LogP contribution in [-0.2, 0) is 0 Å². The van der Waals surface area contributed by atoms with Gasteiger partial charge in [-0.05, 0) is 0 Å². The van der Waals surface area contributed by atoms with Crippen molar-refractivity contribution in [3.8, 4) is 0 Å². The molecule has 2 heteroatoms. The van der Waals surface area contributed by atoms with Gasteiger partial charge in [-0.15, -0.1) is 0 Å². The van der Waals surface area contributed by atoms with E-state index in [9.17, 15) is 0 Å². The van der Waals surface area contributed by atoms with Crippen molar-refractivity contribution in [1.82, 2.24) is 0 Å². The van der Waals surface area contributed by atoms with Gasteiger partial charge in [0.15, 0.2) is 0 Å². The molecular weight excluding hydrogens is 201 g/mol. The van der Waals surface area contributed by atoms with E-state index < -0.39 is 13.9 Å². The molecule has 1 aromatic rings. The zero-order chi connectivity index (χ0) is 7.68. The molecule has 11 heavy (non-hydrogen) atoms. The van der Waals surface area contributed by atoms with Crippen molar-refractivity contribution in [3.05, 3.63) is 24.3 Å². The fourth-order valence-electron chi connectivity index (χ4n) is 1.26. The van der Waals surface area contributed by atoms with Crippen molar-refractivity contribution in [1.29, 1.82) is 0 Å². The summed E-state index contributed by atoms with van der Waals surface area (Å²) >= 11 is -0.815. The van der Waals surface area contributed by atoms with Crippen LogP contribution in [0.4, 0.5) is 5.69 Å². The van der Waals surface area contributed by atoms with E-state index in [1.54, 1.807) is 0 Å². The van der Waals surface area contributed by atoms with E-state index in [0.29, 0.717) is 0 Å². The zero-order valence-corrected chi connectivity index (χ0v) is 8.36. The summed E-state index contributed by atoms with van der Waals surface area (Å²) in [6, 6.07) is 8.51. The van der Waals surface area contributed by atoms with Gasteiger partial charge < -0.3 is 0 Å². The molecule has 0 bridgehead atoms. The first-order valence-electron chi connectivity index (χ1n) is 3.81. The molecule has 0 saturated heterocycles. The molecule has 0 N–H and O–H groups in total. The van der Waals surface area contributed by atoms with Gasteiger partial charge in [0.05, 0.1) is 0 Å². The molecule has 2 rings (SSSR count). The van der Waals surface area contributed by atoms with Gasteiger partial charge >= 0.3 is 70.7 Å². The van der Waals surface area contributed by atoms with E-state index in [0.717, 1.165) is 0 Å². The fourth-order valence-corrected chi connectivity index (χ4v) is 4.61. The van der Waals surface area contributed by atoms with E-state index >= 15 is 0 Å². The number of nitrogens with zero attached hydrogens (tertiary/aromatic N) is 1. The Bertz CT molecular complexity index is 293. The van der Waals surface area contributed by atoms with E-state index in [2.05, 4.69) is 41.3 Å². The molecule has 1 aliphatic rings. The van der Waals surface area contributed by atoms with Gasteiger partial charge in [-0.2, -0.15) is 0 Å². The average Bonchev–Trinajstić information content (AvgIpc) is 2.47. The molecule has 1 unspecified atom stereocenters. The minimum absolute atomic E-state index is 0.815. The Hall–Kier alpha value is -0.591. The summed E-state index contributed by atoms with van der Waals surface area (Å²) in [6.07, 6.45) is 0. The van der Waals surface area contributed by atoms with Gasteiger partial charge in [0.2, 0.25) is 0 Å². The Balaban J connectivity index is 2.46. The minimum atomic E-state index is -0.815. The molecule has 1 heterocycles. The van der Waals surface area contributed by atoms with Crippen molar-refractivity contribution in [3.63, 3.8) is 0 Å². The van der Waals surface area contributed by atoms with Crippen molar-refractivity contribution in [2.24, 2.45) is 4.99 Å². The first-order valence-corrected chi connectivity index (χ1v) is 7.16. The number of para-hydroxylation sites is 1. The van der Waals surface area contributed by atoms with Gasteiger partial charge in [-0.25, -0.2) is 0 Å². The Labute approximate surface area is 71.0 Å². The summed E-state index contributed by atoms with van der Waals surface area (Å²) in [7, 11) is 0. The third kappa shape index (κ3) is 1.13. The van der Waals surface area contributed by atoms with Gasteiger partial charge in [-0.1, -0.05) is 0 Å². The molecule has 1 nitrogen and oxygen atoms in total. The van der Waals surface area contributed by atoms with E-state index in [-0.39, 0.29) is 0 Å². The number of hydrogen-bond acceptors (Lipinski definition) is 1. The first-order chi connectivity index (χ1) is 5.42. The van der Waals surface area contributed by atoms with E-state index in [1.165, 1.54) is 15.5 Å².